The highest BCUT2D eigenvalue weighted by molar-refractivity contribution is 7.13. The summed E-state index contributed by atoms with van der Waals surface area (Å²) in [5.41, 5.74) is 2.69. The van der Waals surface area contributed by atoms with Crippen LogP contribution in [0.2, 0.25) is 0 Å². The zero-order valence-electron chi connectivity index (χ0n) is 12.6. The lowest BCUT2D eigenvalue weighted by molar-refractivity contribution is 0.0920. The molecule has 1 amide bonds. The number of aliphatic hydroxyl groups excluding tert-OH is 1. The minimum absolute atomic E-state index is 0.0705. The van der Waals surface area contributed by atoms with E-state index in [0.717, 1.165) is 29.0 Å². The van der Waals surface area contributed by atoms with Gasteiger partial charge in [0.05, 0.1) is 0 Å². The van der Waals surface area contributed by atoms with Crippen molar-refractivity contribution < 1.29 is 9.90 Å². The number of rotatable bonds is 6. The van der Waals surface area contributed by atoms with Crippen molar-refractivity contribution in [3.05, 3.63) is 40.9 Å². The summed E-state index contributed by atoms with van der Waals surface area (Å²) in [5.74, 6) is 0.381. The predicted molar refractivity (Wildman–Crippen MR) is 88.0 cm³/mol. The van der Waals surface area contributed by atoms with Gasteiger partial charge in [0.25, 0.3) is 5.91 Å². The molecular formula is C17H20N2O2S. The van der Waals surface area contributed by atoms with Crippen molar-refractivity contribution in [1.82, 2.24) is 10.3 Å². The van der Waals surface area contributed by atoms with Gasteiger partial charge >= 0.3 is 0 Å². The number of aromatic nitrogens is 1. The summed E-state index contributed by atoms with van der Waals surface area (Å²) >= 11 is 1.49. The Balaban J connectivity index is 1.73. The number of nitrogens with one attached hydrogen (secondary N) is 1. The Morgan fingerprint density at radius 3 is 2.91 bits per heavy atom. The maximum atomic E-state index is 12.3. The highest BCUT2D eigenvalue weighted by Crippen LogP contribution is 2.34. The van der Waals surface area contributed by atoms with Gasteiger partial charge in [0.15, 0.2) is 0 Å². The third kappa shape index (κ3) is 3.36. The van der Waals surface area contributed by atoms with Crippen LogP contribution in [0, 0.1) is 12.8 Å². The molecule has 0 bridgehead atoms. The second-order valence-electron chi connectivity index (χ2n) is 5.78. The maximum Gasteiger partial charge on any atom is 0.271 e. The lowest BCUT2D eigenvalue weighted by Crippen LogP contribution is -2.37. The monoisotopic (exact) mass is 316 g/mol. The molecule has 22 heavy (non-hydrogen) atoms. The number of benzene rings is 1. The summed E-state index contributed by atoms with van der Waals surface area (Å²) < 4.78 is 0. The van der Waals surface area contributed by atoms with E-state index in [4.69, 9.17) is 5.11 Å². The third-order valence-electron chi connectivity index (χ3n) is 4.06. The van der Waals surface area contributed by atoms with Crippen LogP contribution in [0.25, 0.3) is 10.6 Å². The summed E-state index contributed by atoms with van der Waals surface area (Å²) in [7, 11) is 0. The molecule has 1 atom stereocenters. The standard InChI is InChI=1S/C17H20N2O2S/c1-11-4-2-3-5-13(11)17-19-15(10-22-17)16(21)18-14(8-9-20)12-6-7-12/h2-5,10,12,14,20H,6-9H2,1H3,(H,18,21). The van der Waals surface area contributed by atoms with Crippen LogP contribution in [0.3, 0.4) is 0 Å². The fourth-order valence-corrected chi connectivity index (χ4v) is 3.51. The first-order valence-corrected chi connectivity index (χ1v) is 8.50. The molecule has 1 fully saturated rings. The summed E-state index contributed by atoms with van der Waals surface area (Å²) in [4.78, 5) is 16.8. The predicted octanol–water partition coefficient (Wildman–Crippen LogP) is 3.01. The molecule has 116 valence electrons. The van der Waals surface area contributed by atoms with Crippen LogP contribution in [0.4, 0.5) is 0 Å². The number of thiazole rings is 1. The Morgan fingerprint density at radius 2 is 2.23 bits per heavy atom. The van der Waals surface area contributed by atoms with Gasteiger partial charge in [0.2, 0.25) is 0 Å². The quantitative estimate of drug-likeness (QED) is 0.861. The average Bonchev–Trinajstić information content (AvgIpc) is 3.24. The van der Waals surface area contributed by atoms with Gasteiger partial charge in [-0.15, -0.1) is 11.3 Å². The van der Waals surface area contributed by atoms with E-state index in [-0.39, 0.29) is 18.6 Å². The molecule has 1 heterocycles. The molecule has 1 aromatic heterocycles. The first-order valence-electron chi connectivity index (χ1n) is 7.62. The smallest absolute Gasteiger partial charge is 0.271 e. The molecule has 1 saturated carbocycles. The van der Waals surface area contributed by atoms with Crippen molar-refractivity contribution in [2.24, 2.45) is 5.92 Å². The fraction of sp³-hybridized carbons (Fsp3) is 0.412. The summed E-state index contributed by atoms with van der Waals surface area (Å²) in [5, 5.41) is 14.8. The molecule has 2 N–H and O–H groups in total. The maximum absolute atomic E-state index is 12.3. The van der Waals surface area contributed by atoms with Crippen LogP contribution in [0.15, 0.2) is 29.6 Å². The molecular weight excluding hydrogens is 296 g/mol. The number of aryl methyl sites for hydroxylation is 1. The van der Waals surface area contributed by atoms with Crippen LogP contribution < -0.4 is 5.32 Å². The molecule has 0 saturated heterocycles. The summed E-state index contributed by atoms with van der Waals surface area (Å²) in [6, 6.07) is 8.11. The molecule has 5 heteroatoms. The Kier molecular flexibility index (Phi) is 4.55. The molecule has 1 unspecified atom stereocenters. The second kappa shape index (κ2) is 6.58. The van der Waals surface area contributed by atoms with Crippen LogP contribution in [0.5, 0.6) is 0 Å². The Labute approximate surface area is 134 Å². The van der Waals surface area contributed by atoms with Crippen molar-refractivity contribution in [1.29, 1.82) is 0 Å². The largest absolute Gasteiger partial charge is 0.396 e. The molecule has 0 aliphatic heterocycles. The fourth-order valence-electron chi connectivity index (χ4n) is 2.62. The lowest BCUT2D eigenvalue weighted by atomic mass is 10.1. The lowest BCUT2D eigenvalue weighted by Gasteiger charge is -2.16. The van der Waals surface area contributed by atoms with Gasteiger partial charge in [0, 0.05) is 23.6 Å². The first kappa shape index (κ1) is 15.2. The van der Waals surface area contributed by atoms with Crippen molar-refractivity contribution in [2.75, 3.05) is 6.61 Å². The van der Waals surface area contributed by atoms with Crippen LogP contribution >= 0.6 is 11.3 Å². The minimum atomic E-state index is -0.138. The zero-order valence-corrected chi connectivity index (χ0v) is 13.4. The van der Waals surface area contributed by atoms with E-state index in [9.17, 15) is 4.79 Å². The zero-order chi connectivity index (χ0) is 15.5. The molecule has 4 nitrogen and oxygen atoms in total. The van der Waals surface area contributed by atoms with Crippen LogP contribution in [0.1, 0.15) is 35.3 Å². The molecule has 1 aromatic carbocycles. The molecule has 1 aliphatic rings. The summed E-state index contributed by atoms with van der Waals surface area (Å²) in [6.07, 6.45) is 2.89. The Hall–Kier alpha value is -1.72. The Bertz CT molecular complexity index is 664. The van der Waals surface area contributed by atoms with Gasteiger partial charge in [-0.1, -0.05) is 24.3 Å². The van der Waals surface area contributed by atoms with Gasteiger partial charge in [-0.2, -0.15) is 0 Å². The molecule has 0 radical (unpaired) electrons. The minimum Gasteiger partial charge on any atom is -0.396 e. The summed E-state index contributed by atoms with van der Waals surface area (Å²) in [6.45, 7) is 2.15. The number of hydrogen-bond donors (Lipinski definition) is 2. The number of aliphatic hydroxyl groups is 1. The number of amides is 1. The molecule has 1 aliphatic carbocycles. The molecule has 2 aromatic rings. The van der Waals surface area contributed by atoms with Gasteiger partial charge in [0.1, 0.15) is 10.7 Å². The van der Waals surface area contributed by atoms with E-state index in [1.165, 1.54) is 11.3 Å². The van der Waals surface area contributed by atoms with Crippen molar-refractivity contribution >= 4 is 17.2 Å². The van der Waals surface area contributed by atoms with E-state index >= 15 is 0 Å². The average molecular weight is 316 g/mol. The second-order valence-corrected chi connectivity index (χ2v) is 6.64. The van der Waals surface area contributed by atoms with E-state index in [2.05, 4.69) is 10.3 Å². The highest BCUT2D eigenvalue weighted by Gasteiger charge is 2.32. The van der Waals surface area contributed by atoms with Crippen molar-refractivity contribution in [3.63, 3.8) is 0 Å². The highest BCUT2D eigenvalue weighted by atomic mass is 32.1. The normalized spacial score (nSPS) is 15.5. The van der Waals surface area contributed by atoms with Gasteiger partial charge < -0.3 is 10.4 Å². The van der Waals surface area contributed by atoms with Crippen molar-refractivity contribution in [2.45, 2.75) is 32.2 Å². The van der Waals surface area contributed by atoms with E-state index in [1.54, 1.807) is 5.38 Å². The van der Waals surface area contributed by atoms with Gasteiger partial charge in [-0.05, 0) is 37.7 Å². The van der Waals surface area contributed by atoms with Gasteiger partial charge in [-0.3, -0.25) is 4.79 Å². The van der Waals surface area contributed by atoms with E-state index in [1.807, 2.05) is 31.2 Å². The van der Waals surface area contributed by atoms with Crippen LogP contribution in [-0.4, -0.2) is 28.6 Å². The number of nitrogens with zero attached hydrogens (tertiary/aromatic N) is 1. The third-order valence-corrected chi connectivity index (χ3v) is 4.94. The van der Waals surface area contributed by atoms with Crippen LogP contribution in [-0.2, 0) is 0 Å². The number of carbonyl (C=O) groups excluding carboxylic acids is 1. The van der Waals surface area contributed by atoms with E-state index in [0.29, 0.717) is 18.0 Å². The SMILES string of the molecule is Cc1ccccc1-c1nc(C(=O)NC(CCO)C2CC2)cs1. The molecule has 3 rings (SSSR count). The molecule has 0 spiro atoms. The van der Waals surface area contributed by atoms with Crippen molar-refractivity contribution in [3.8, 4) is 10.6 Å². The topological polar surface area (TPSA) is 62.2 Å². The first-order chi connectivity index (χ1) is 10.7. The number of hydrogen-bond acceptors (Lipinski definition) is 4. The van der Waals surface area contributed by atoms with E-state index < -0.39 is 0 Å². The Morgan fingerprint density at radius 1 is 1.45 bits per heavy atom. The number of carbonyl (C=O) groups is 1. The van der Waals surface area contributed by atoms with Gasteiger partial charge in [-0.25, -0.2) is 4.98 Å².